The van der Waals surface area contributed by atoms with Crippen molar-refractivity contribution in [3.8, 4) is 5.88 Å². The summed E-state index contributed by atoms with van der Waals surface area (Å²) in [6.45, 7) is 5.38. The number of nitrogens with two attached hydrogens (primary N) is 1. The Morgan fingerprint density at radius 3 is 2.71 bits per heavy atom. The standard InChI is InChI=1S/C13H20F2N4O.HI/c1-13(2,3)19-12(16)18-7-9-5-4-6-17-11(9)20-8-10(14)15;/h4-6,10H,7-8H2,1-3H3,(H3,16,18,19);1H. The van der Waals surface area contributed by atoms with Crippen molar-refractivity contribution < 1.29 is 13.5 Å². The van der Waals surface area contributed by atoms with Crippen molar-refractivity contribution in [1.29, 1.82) is 0 Å². The van der Waals surface area contributed by atoms with Gasteiger partial charge in [0.1, 0.15) is 0 Å². The van der Waals surface area contributed by atoms with E-state index in [0.29, 0.717) is 5.56 Å². The first kappa shape index (κ1) is 19.8. The molecule has 0 bridgehead atoms. The number of aliphatic imine (C=N–C) groups is 1. The Kier molecular flexibility index (Phi) is 8.45. The van der Waals surface area contributed by atoms with E-state index in [0.717, 1.165) is 0 Å². The van der Waals surface area contributed by atoms with Crippen LogP contribution in [-0.4, -0.2) is 29.5 Å². The summed E-state index contributed by atoms with van der Waals surface area (Å²) >= 11 is 0. The number of guanidine groups is 1. The van der Waals surface area contributed by atoms with Crippen LogP contribution in [-0.2, 0) is 6.54 Å². The van der Waals surface area contributed by atoms with Gasteiger partial charge in [-0.2, -0.15) is 0 Å². The van der Waals surface area contributed by atoms with Crippen LogP contribution in [0.3, 0.4) is 0 Å². The average Bonchev–Trinajstić information content (AvgIpc) is 2.32. The molecule has 1 aromatic heterocycles. The second kappa shape index (κ2) is 8.96. The summed E-state index contributed by atoms with van der Waals surface area (Å²) in [6.07, 6.45) is -1.06. The minimum absolute atomic E-state index is 0. The quantitative estimate of drug-likeness (QED) is 0.442. The maximum atomic E-state index is 12.1. The lowest BCUT2D eigenvalue weighted by atomic mass is 10.1. The highest BCUT2D eigenvalue weighted by Gasteiger charge is 2.11. The zero-order chi connectivity index (χ0) is 15.2. The van der Waals surface area contributed by atoms with Gasteiger partial charge in [0.05, 0.1) is 6.54 Å². The lowest BCUT2D eigenvalue weighted by Gasteiger charge is -2.21. The summed E-state index contributed by atoms with van der Waals surface area (Å²) in [7, 11) is 0. The van der Waals surface area contributed by atoms with E-state index in [1.165, 1.54) is 6.20 Å². The van der Waals surface area contributed by atoms with Crippen molar-refractivity contribution in [2.45, 2.75) is 39.3 Å². The van der Waals surface area contributed by atoms with Gasteiger partial charge >= 0.3 is 0 Å². The van der Waals surface area contributed by atoms with Crippen LogP contribution in [0.15, 0.2) is 23.3 Å². The van der Waals surface area contributed by atoms with Crippen LogP contribution in [0.5, 0.6) is 5.88 Å². The van der Waals surface area contributed by atoms with Crippen LogP contribution in [0.2, 0.25) is 0 Å². The number of hydrogen-bond donors (Lipinski definition) is 2. The van der Waals surface area contributed by atoms with Gasteiger partial charge < -0.3 is 15.8 Å². The van der Waals surface area contributed by atoms with Crippen molar-refractivity contribution >= 4 is 29.9 Å². The number of ether oxygens (including phenoxy) is 1. The van der Waals surface area contributed by atoms with Crippen molar-refractivity contribution in [3.05, 3.63) is 23.9 Å². The van der Waals surface area contributed by atoms with Gasteiger partial charge in [-0.25, -0.2) is 18.8 Å². The smallest absolute Gasteiger partial charge is 0.272 e. The molecule has 0 saturated carbocycles. The summed E-state index contributed by atoms with van der Waals surface area (Å²) in [4.78, 5) is 8.06. The van der Waals surface area contributed by atoms with Gasteiger partial charge in [0, 0.05) is 17.3 Å². The lowest BCUT2D eigenvalue weighted by molar-refractivity contribution is 0.0791. The molecule has 0 amide bonds. The molecule has 3 N–H and O–H groups in total. The van der Waals surface area contributed by atoms with Gasteiger partial charge in [-0.3, -0.25) is 0 Å². The summed E-state index contributed by atoms with van der Waals surface area (Å²) < 4.78 is 29.2. The Hall–Kier alpha value is -1.19. The molecule has 0 spiro atoms. The molecule has 0 aliphatic rings. The Morgan fingerprint density at radius 2 is 2.14 bits per heavy atom. The predicted molar refractivity (Wildman–Crippen MR) is 89.4 cm³/mol. The summed E-state index contributed by atoms with van der Waals surface area (Å²) in [5.41, 5.74) is 6.14. The molecule has 0 unspecified atom stereocenters. The van der Waals surface area contributed by atoms with Crippen LogP contribution in [0.1, 0.15) is 26.3 Å². The topological polar surface area (TPSA) is 72.5 Å². The van der Waals surface area contributed by atoms with Crippen molar-refractivity contribution in [2.24, 2.45) is 10.7 Å². The molecule has 0 radical (unpaired) electrons. The average molecular weight is 414 g/mol. The van der Waals surface area contributed by atoms with Crippen LogP contribution in [0.4, 0.5) is 8.78 Å². The lowest BCUT2D eigenvalue weighted by Crippen LogP contribution is -2.44. The molecule has 5 nitrogen and oxygen atoms in total. The molecule has 0 atom stereocenters. The second-order valence-corrected chi connectivity index (χ2v) is 5.25. The molecule has 0 saturated heterocycles. The Labute approximate surface area is 140 Å². The maximum Gasteiger partial charge on any atom is 0.272 e. The second-order valence-electron chi connectivity index (χ2n) is 5.25. The van der Waals surface area contributed by atoms with Gasteiger partial charge in [-0.05, 0) is 26.8 Å². The number of pyridine rings is 1. The highest BCUT2D eigenvalue weighted by atomic mass is 127. The Balaban J connectivity index is 0.00000400. The molecule has 120 valence electrons. The van der Waals surface area contributed by atoms with Gasteiger partial charge in [0.15, 0.2) is 12.6 Å². The fraction of sp³-hybridized carbons (Fsp3) is 0.538. The molecule has 0 aromatic carbocycles. The molecule has 0 aliphatic heterocycles. The minimum Gasteiger partial charge on any atom is -0.471 e. The summed E-state index contributed by atoms with van der Waals surface area (Å²) in [5.74, 6) is 0.432. The minimum atomic E-state index is -2.54. The van der Waals surface area contributed by atoms with Gasteiger partial charge in [0.2, 0.25) is 5.88 Å². The molecule has 0 fully saturated rings. The first-order chi connectivity index (χ1) is 9.28. The molecule has 0 aliphatic carbocycles. The van der Waals surface area contributed by atoms with Crippen LogP contribution in [0.25, 0.3) is 0 Å². The number of alkyl halides is 2. The fourth-order valence-electron chi connectivity index (χ4n) is 1.41. The van der Waals surface area contributed by atoms with E-state index in [-0.39, 0.29) is 47.9 Å². The molecule has 8 heteroatoms. The van der Waals surface area contributed by atoms with Gasteiger partial charge in [-0.1, -0.05) is 6.07 Å². The number of nitrogens with one attached hydrogen (secondary N) is 1. The van der Waals surface area contributed by atoms with E-state index >= 15 is 0 Å². The SMILES string of the molecule is CC(C)(C)NC(N)=NCc1cccnc1OCC(F)F.I. The summed E-state index contributed by atoms with van der Waals surface area (Å²) in [5, 5.41) is 3.01. The van der Waals surface area contributed by atoms with Crippen molar-refractivity contribution in [3.63, 3.8) is 0 Å². The van der Waals surface area contributed by atoms with Gasteiger partial charge in [-0.15, -0.1) is 24.0 Å². The van der Waals surface area contributed by atoms with Crippen LogP contribution < -0.4 is 15.8 Å². The molecule has 21 heavy (non-hydrogen) atoms. The fourth-order valence-corrected chi connectivity index (χ4v) is 1.41. The molecule has 1 rings (SSSR count). The zero-order valence-electron chi connectivity index (χ0n) is 12.3. The highest BCUT2D eigenvalue weighted by Crippen LogP contribution is 2.16. The number of halogens is 3. The molecular weight excluding hydrogens is 393 g/mol. The molecule has 1 heterocycles. The number of aromatic nitrogens is 1. The Bertz CT molecular complexity index is 464. The van der Waals surface area contributed by atoms with Crippen molar-refractivity contribution in [2.75, 3.05) is 6.61 Å². The first-order valence-corrected chi connectivity index (χ1v) is 6.21. The van der Waals surface area contributed by atoms with Crippen LogP contribution in [0, 0.1) is 0 Å². The third-order valence-corrected chi connectivity index (χ3v) is 2.12. The third-order valence-electron chi connectivity index (χ3n) is 2.12. The zero-order valence-corrected chi connectivity index (χ0v) is 14.6. The van der Waals surface area contributed by atoms with Gasteiger partial charge in [0.25, 0.3) is 6.43 Å². The van der Waals surface area contributed by atoms with E-state index in [2.05, 4.69) is 15.3 Å². The molecule has 1 aromatic rings. The highest BCUT2D eigenvalue weighted by molar-refractivity contribution is 14.0. The number of nitrogens with zero attached hydrogens (tertiary/aromatic N) is 2. The number of rotatable bonds is 5. The van der Waals surface area contributed by atoms with Crippen molar-refractivity contribution in [1.82, 2.24) is 10.3 Å². The number of hydrogen-bond acceptors (Lipinski definition) is 3. The third kappa shape index (κ3) is 8.64. The van der Waals surface area contributed by atoms with E-state index in [1.807, 2.05) is 20.8 Å². The van der Waals surface area contributed by atoms with E-state index < -0.39 is 13.0 Å². The largest absolute Gasteiger partial charge is 0.471 e. The van der Waals surface area contributed by atoms with E-state index in [1.54, 1.807) is 12.1 Å². The maximum absolute atomic E-state index is 12.1. The normalized spacial score (nSPS) is 12.0. The predicted octanol–water partition coefficient (Wildman–Crippen LogP) is 2.55. The van der Waals surface area contributed by atoms with E-state index in [9.17, 15) is 8.78 Å². The monoisotopic (exact) mass is 414 g/mol. The van der Waals surface area contributed by atoms with Crippen LogP contribution >= 0.6 is 24.0 Å². The Morgan fingerprint density at radius 1 is 1.48 bits per heavy atom. The summed E-state index contributed by atoms with van der Waals surface area (Å²) in [6, 6.07) is 3.40. The van der Waals surface area contributed by atoms with E-state index in [4.69, 9.17) is 10.5 Å². The first-order valence-electron chi connectivity index (χ1n) is 6.21. The molecular formula is C13H21F2IN4O.